The number of epoxide rings is 1. The Morgan fingerprint density at radius 3 is 2.51 bits per heavy atom. The van der Waals surface area contributed by atoms with Gasteiger partial charge in [0.15, 0.2) is 18.0 Å². The minimum Gasteiger partial charge on any atom is -0.465 e. The maximum absolute atomic E-state index is 13.0. The average Bonchev–Trinajstić information content (AvgIpc) is 3.84. The quantitative estimate of drug-likeness (QED) is 0.0630. The molecule has 0 aliphatic carbocycles. The topological polar surface area (TPSA) is 216 Å². The van der Waals surface area contributed by atoms with Crippen molar-refractivity contribution in [2.75, 3.05) is 13.7 Å². The van der Waals surface area contributed by atoms with Gasteiger partial charge in [-0.05, 0) is 45.6 Å². The Hall–Kier alpha value is -4.18. The van der Waals surface area contributed by atoms with E-state index in [2.05, 4.69) is 12.2 Å². The lowest BCUT2D eigenvalue weighted by Gasteiger charge is -2.30. The predicted octanol–water partition coefficient (Wildman–Crippen LogP) is 2.78. The number of imide groups is 1. The number of ketones is 1. The number of rotatable bonds is 15. The largest absolute Gasteiger partial charge is 0.465 e. The summed E-state index contributed by atoms with van der Waals surface area (Å²) in [6.07, 6.45) is 5.22. The molecule has 1 fully saturated rings. The number of alkyl carbamates (subject to hydrolysis) is 1. The molecule has 0 aromatic carbocycles. The highest BCUT2D eigenvalue weighted by Gasteiger charge is 2.53. The maximum atomic E-state index is 13.0. The Labute approximate surface area is 298 Å². The fourth-order valence-electron chi connectivity index (χ4n) is 5.25. The van der Waals surface area contributed by atoms with Crippen LogP contribution in [-0.2, 0) is 47.7 Å². The molecule has 2 aliphatic heterocycles. The highest BCUT2D eigenvalue weighted by molar-refractivity contribution is 5.96. The number of hydrogen-bond donors (Lipinski definition) is 4. The maximum Gasteiger partial charge on any atom is 0.414 e. The molecular weight excluding hydrogens is 668 g/mol. The molecule has 51 heavy (non-hydrogen) atoms. The molecule has 0 aromatic heterocycles. The van der Waals surface area contributed by atoms with Crippen LogP contribution in [-0.4, -0.2) is 102 Å². The second kappa shape index (κ2) is 21.9. The number of fused-ring (bicyclic) bond motifs is 1. The molecular formula is C36H52N2O13. The number of hydrogen-bond acceptors (Lipinski definition) is 13. The number of aliphatic hydroxyl groups is 2. The van der Waals surface area contributed by atoms with Crippen LogP contribution in [0.5, 0.6) is 0 Å². The SMILES string of the molecule is CCCCCCCC(=O)OCCC=CC(O)C(O)C1OC(=O)C=CC=CC(OC)(C(C)=O)NC(=O)C=C(C)CCC2OC2C1OC(=O)NC(C)=O. The van der Waals surface area contributed by atoms with Crippen molar-refractivity contribution >= 4 is 35.6 Å². The number of methoxy groups -OCH3 is 1. The Balaban J connectivity index is 2.31. The summed E-state index contributed by atoms with van der Waals surface area (Å²) in [5, 5.41) is 26.7. The van der Waals surface area contributed by atoms with Gasteiger partial charge in [0.25, 0.3) is 0 Å². The number of Topliss-reactive ketones (excluding diaryl/α,β-unsaturated/α-hetero) is 1. The molecule has 0 spiro atoms. The molecule has 0 saturated carbocycles. The number of esters is 2. The van der Waals surface area contributed by atoms with E-state index in [1.165, 1.54) is 50.5 Å². The monoisotopic (exact) mass is 720 g/mol. The van der Waals surface area contributed by atoms with Crippen molar-refractivity contribution in [3.8, 4) is 0 Å². The Morgan fingerprint density at radius 2 is 1.84 bits per heavy atom. The first kappa shape index (κ1) is 43.0. The van der Waals surface area contributed by atoms with Crippen LogP contribution in [0.15, 0.2) is 48.1 Å². The van der Waals surface area contributed by atoms with E-state index in [0.717, 1.165) is 45.1 Å². The first-order valence-corrected chi connectivity index (χ1v) is 17.2. The molecule has 1 saturated heterocycles. The number of cyclic esters (lactones) is 1. The third kappa shape index (κ3) is 15.3. The van der Waals surface area contributed by atoms with Crippen LogP contribution in [0.2, 0.25) is 0 Å². The lowest BCUT2D eigenvalue weighted by atomic mass is 9.97. The molecule has 7 atom stereocenters. The van der Waals surface area contributed by atoms with Gasteiger partial charge < -0.3 is 39.2 Å². The summed E-state index contributed by atoms with van der Waals surface area (Å²) >= 11 is 0. The normalized spacial score (nSPS) is 25.4. The number of carbonyl (C=O) groups excluding carboxylic acids is 6. The fourth-order valence-corrected chi connectivity index (χ4v) is 5.25. The van der Waals surface area contributed by atoms with Gasteiger partial charge in [-0.2, -0.15) is 0 Å². The molecule has 2 heterocycles. The minimum absolute atomic E-state index is 0.0430. The van der Waals surface area contributed by atoms with Gasteiger partial charge in [-0.25, -0.2) is 9.59 Å². The van der Waals surface area contributed by atoms with E-state index in [1.807, 2.05) is 5.32 Å². The molecule has 0 bridgehead atoms. The number of ether oxygens (including phenoxy) is 5. The minimum atomic E-state index is -1.87. The lowest BCUT2D eigenvalue weighted by Crippen LogP contribution is -2.53. The molecule has 0 aromatic rings. The smallest absolute Gasteiger partial charge is 0.414 e. The first-order valence-electron chi connectivity index (χ1n) is 17.2. The second-order valence-electron chi connectivity index (χ2n) is 12.4. The van der Waals surface area contributed by atoms with E-state index >= 15 is 0 Å². The number of unbranched alkanes of at least 4 members (excludes halogenated alkanes) is 4. The van der Waals surface area contributed by atoms with Gasteiger partial charge in [0, 0.05) is 32.6 Å². The molecule has 2 aliphatic rings. The van der Waals surface area contributed by atoms with Gasteiger partial charge in [-0.15, -0.1) is 0 Å². The van der Waals surface area contributed by atoms with Crippen LogP contribution in [0.4, 0.5) is 4.79 Å². The van der Waals surface area contributed by atoms with Gasteiger partial charge in [0.2, 0.25) is 17.5 Å². The number of allylic oxidation sites excluding steroid dienone is 3. The van der Waals surface area contributed by atoms with Crippen molar-refractivity contribution in [3.05, 3.63) is 48.1 Å². The van der Waals surface area contributed by atoms with E-state index < -0.39 is 72.0 Å². The highest BCUT2D eigenvalue weighted by Crippen LogP contribution is 2.35. The average molecular weight is 721 g/mol. The summed E-state index contributed by atoms with van der Waals surface area (Å²) < 4.78 is 27.3. The van der Waals surface area contributed by atoms with Crippen molar-refractivity contribution in [2.45, 2.75) is 128 Å². The summed E-state index contributed by atoms with van der Waals surface area (Å²) in [7, 11) is 1.23. The van der Waals surface area contributed by atoms with E-state index in [1.54, 1.807) is 6.92 Å². The molecule has 3 amide bonds. The Bertz CT molecular complexity index is 1340. The highest BCUT2D eigenvalue weighted by atomic mass is 16.7. The Morgan fingerprint density at radius 1 is 1.12 bits per heavy atom. The lowest BCUT2D eigenvalue weighted by molar-refractivity contribution is -0.166. The fraction of sp³-hybridized carbons (Fsp3) is 0.611. The number of carbonyl (C=O) groups is 6. The van der Waals surface area contributed by atoms with Crippen molar-refractivity contribution in [1.29, 1.82) is 0 Å². The number of amides is 3. The van der Waals surface area contributed by atoms with E-state index in [4.69, 9.17) is 23.7 Å². The van der Waals surface area contributed by atoms with Gasteiger partial charge in [0.1, 0.15) is 18.3 Å². The van der Waals surface area contributed by atoms with Gasteiger partial charge in [-0.3, -0.25) is 24.5 Å². The van der Waals surface area contributed by atoms with Crippen molar-refractivity contribution in [3.63, 3.8) is 0 Å². The summed E-state index contributed by atoms with van der Waals surface area (Å²) in [5.74, 6) is -3.27. The van der Waals surface area contributed by atoms with Crippen LogP contribution >= 0.6 is 0 Å². The third-order valence-corrected chi connectivity index (χ3v) is 8.12. The van der Waals surface area contributed by atoms with Gasteiger partial charge >= 0.3 is 18.0 Å². The number of nitrogens with one attached hydrogen (secondary N) is 2. The van der Waals surface area contributed by atoms with Crippen molar-refractivity contribution < 1.29 is 62.7 Å². The van der Waals surface area contributed by atoms with Crippen LogP contribution in [0.3, 0.4) is 0 Å². The number of aliphatic hydroxyl groups excluding tert-OH is 2. The zero-order chi connectivity index (χ0) is 38.0. The first-order chi connectivity index (χ1) is 24.2. The molecule has 284 valence electrons. The summed E-state index contributed by atoms with van der Waals surface area (Å²) in [5.41, 5.74) is -1.23. The van der Waals surface area contributed by atoms with E-state index in [0.29, 0.717) is 24.8 Å². The molecule has 15 heteroatoms. The zero-order valence-electron chi connectivity index (χ0n) is 30.0. The third-order valence-electron chi connectivity index (χ3n) is 8.12. The van der Waals surface area contributed by atoms with Crippen LogP contribution in [0.1, 0.15) is 85.5 Å². The summed E-state index contributed by atoms with van der Waals surface area (Å²) in [6.45, 7) is 6.14. The van der Waals surface area contributed by atoms with E-state index in [9.17, 15) is 39.0 Å². The predicted molar refractivity (Wildman–Crippen MR) is 183 cm³/mol. The van der Waals surface area contributed by atoms with E-state index in [-0.39, 0.29) is 19.0 Å². The Kier molecular flexibility index (Phi) is 18.5. The molecule has 7 unspecified atom stereocenters. The van der Waals surface area contributed by atoms with Crippen LogP contribution in [0.25, 0.3) is 0 Å². The molecule has 15 nitrogen and oxygen atoms in total. The molecule has 2 rings (SSSR count). The van der Waals surface area contributed by atoms with Crippen molar-refractivity contribution in [2.24, 2.45) is 0 Å². The summed E-state index contributed by atoms with van der Waals surface area (Å²) in [4.78, 5) is 74.4. The standard InChI is InChI=1S/C36H52N2O13/c1-6-7-8-9-10-16-29(43)48-21-14-12-15-26(41)31(45)33-34(51-35(46)37-25(4)40)32-27(49-32)19-18-23(2)22-28(42)38-36(47-5,24(3)39)20-13-11-17-30(44)50-33/h11-13,15,17,20,22,26-27,31-34,41,45H,6-10,14,16,18-19,21H2,1-5H3,(H,38,42)(H,37,40,46). The van der Waals surface area contributed by atoms with Gasteiger partial charge in [-0.1, -0.05) is 62.5 Å². The molecule has 4 N–H and O–H groups in total. The zero-order valence-corrected chi connectivity index (χ0v) is 30.0. The molecule has 0 radical (unpaired) electrons. The summed E-state index contributed by atoms with van der Waals surface area (Å²) in [6, 6.07) is 0. The second-order valence-corrected chi connectivity index (χ2v) is 12.4. The van der Waals surface area contributed by atoms with Crippen molar-refractivity contribution in [1.82, 2.24) is 10.6 Å². The van der Waals surface area contributed by atoms with Crippen LogP contribution in [0, 0.1) is 0 Å². The van der Waals surface area contributed by atoms with Crippen LogP contribution < -0.4 is 10.6 Å². The van der Waals surface area contributed by atoms with Gasteiger partial charge in [0.05, 0.1) is 12.7 Å².